The van der Waals surface area contributed by atoms with E-state index in [0.29, 0.717) is 17.9 Å². The van der Waals surface area contributed by atoms with E-state index < -0.39 is 14.3 Å². The predicted octanol–water partition coefficient (Wildman–Crippen LogP) is 4.56. The van der Waals surface area contributed by atoms with Gasteiger partial charge in [-0.2, -0.15) is 0 Å². The van der Waals surface area contributed by atoms with Crippen LogP contribution in [0.25, 0.3) is 0 Å². The van der Waals surface area contributed by atoms with E-state index in [1.165, 1.54) is 17.5 Å². The number of esters is 1. The molecule has 0 amide bonds. The van der Waals surface area contributed by atoms with Crippen LogP contribution in [0, 0.1) is 0 Å². The first kappa shape index (κ1) is 22.8. The van der Waals surface area contributed by atoms with Crippen LogP contribution in [-0.2, 0) is 15.8 Å². The lowest BCUT2D eigenvalue weighted by Crippen LogP contribution is -2.66. The third-order valence-electron chi connectivity index (χ3n) is 5.57. The smallest absolute Gasteiger partial charge is 0.337 e. The fraction of sp³-hybridized carbons (Fsp3) is 0.269. The molecule has 0 aliphatic rings. The molecule has 0 aromatic heterocycles. The van der Waals surface area contributed by atoms with Gasteiger partial charge in [0, 0.05) is 5.56 Å². The van der Waals surface area contributed by atoms with Crippen molar-refractivity contribution >= 4 is 24.7 Å². The number of ether oxygens (including phenoxy) is 2. The van der Waals surface area contributed by atoms with E-state index in [9.17, 15) is 4.79 Å². The van der Waals surface area contributed by atoms with Crippen molar-refractivity contribution in [1.29, 1.82) is 0 Å². The molecule has 0 atom stereocenters. The molecule has 0 radical (unpaired) electrons. The number of benzene rings is 3. The molecular weight excluding hydrogens is 404 g/mol. The molecule has 0 heterocycles. The van der Waals surface area contributed by atoms with Crippen molar-refractivity contribution < 1.29 is 18.7 Å². The van der Waals surface area contributed by atoms with Crippen molar-refractivity contribution in [2.75, 3.05) is 14.2 Å². The van der Waals surface area contributed by atoms with Crippen LogP contribution in [0.2, 0.25) is 5.04 Å². The minimum atomic E-state index is -2.66. The highest BCUT2D eigenvalue weighted by Crippen LogP contribution is 2.38. The van der Waals surface area contributed by atoms with Crippen LogP contribution in [-0.4, -0.2) is 28.5 Å². The standard InChI is InChI=1S/C26H30O4Si/c1-26(2,3)31(22-12-8-6-9-13-22,23-14-10-7-11-15-23)30-19-21-17-16-20(25(27)29-5)18-24(21)28-4/h6-18H,19H2,1-5H3. The zero-order chi connectivity index (χ0) is 22.5. The molecule has 0 saturated heterocycles. The molecular formula is C26H30O4Si. The van der Waals surface area contributed by atoms with Crippen molar-refractivity contribution in [3.63, 3.8) is 0 Å². The molecule has 162 valence electrons. The molecule has 31 heavy (non-hydrogen) atoms. The molecule has 5 heteroatoms. The van der Waals surface area contributed by atoms with Crippen LogP contribution in [0.3, 0.4) is 0 Å². The molecule has 3 aromatic rings. The molecule has 0 aliphatic carbocycles. The highest BCUT2D eigenvalue weighted by molar-refractivity contribution is 6.99. The summed E-state index contributed by atoms with van der Waals surface area (Å²) in [7, 11) is 0.313. The number of carbonyl (C=O) groups is 1. The minimum Gasteiger partial charge on any atom is -0.496 e. The van der Waals surface area contributed by atoms with E-state index in [1.807, 2.05) is 18.2 Å². The third kappa shape index (κ3) is 4.58. The summed E-state index contributed by atoms with van der Waals surface area (Å²) >= 11 is 0. The van der Waals surface area contributed by atoms with E-state index in [4.69, 9.17) is 13.9 Å². The summed E-state index contributed by atoms with van der Waals surface area (Å²) in [6.07, 6.45) is 0. The van der Waals surface area contributed by atoms with Gasteiger partial charge in [0.2, 0.25) is 0 Å². The second kappa shape index (κ2) is 9.50. The highest BCUT2D eigenvalue weighted by atomic mass is 28.4. The minimum absolute atomic E-state index is 0.116. The van der Waals surface area contributed by atoms with Crippen LogP contribution in [0.15, 0.2) is 78.9 Å². The van der Waals surface area contributed by atoms with Crippen molar-refractivity contribution in [2.45, 2.75) is 32.4 Å². The van der Waals surface area contributed by atoms with E-state index >= 15 is 0 Å². The molecule has 3 rings (SSSR count). The third-order valence-corrected chi connectivity index (χ3v) is 10.6. The molecule has 0 saturated carbocycles. The van der Waals surface area contributed by atoms with Gasteiger partial charge in [0.15, 0.2) is 0 Å². The van der Waals surface area contributed by atoms with Crippen LogP contribution in [0.4, 0.5) is 0 Å². The number of carbonyl (C=O) groups excluding carboxylic acids is 1. The summed E-state index contributed by atoms with van der Waals surface area (Å²) in [6, 6.07) is 26.4. The highest BCUT2D eigenvalue weighted by Gasteiger charge is 2.50. The number of hydrogen-bond donors (Lipinski definition) is 0. The van der Waals surface area contributed by atoms with Gasteiger partial charge in [-0.25, -0.2) is 4.79 Å². The average Bonchev–Trinajstić information content (AvgIpc) is 2.79. The lowest BCUT2D eigenvalue weighted by molar-refractivity contribution is 0.0600. The van der Waals surface area contributed by atoms with Gasteiger partial charge in [0.1, 0.15) is 5.75 Å². The summed E-state index contributed by atoms with van der Waals surface area (Å²) in [4.78, 5) is 11.9. The largest absolute Gasteiger partial charge is 0.496 e. The zero-order valence-corrected chi connectivity index (χ0v) is 19.8. The first-order valence-corrected chi connectivity index (χ1v) is 12.2. The zero-order valence-electron chi connectivity index (χ0n) is 18.8. The predicted molar refractivity (Wildman–Crippen MR) is 127 cm³/mol. The Balaban J connectivity index is 2.08. The number of hydrogen-bond acceptors (Lipinski definition) is 4. The Kier molecular flexibility index (Phi) is 6.98. The quantitative estimate of drug-likeness (QED) is 0.404. The van der Waals surface area contributed by atoms with Crippen LogP contribution >= 0.6 is 0 Å². The monoisotopic (exact) mass is 434 g/mol. The topological polar surface area (TPSA) is 44.8 Å². The maximum atomic E-state index is 11.9. The van der Waals surface area contributed by atoms with Crippen LogP contribution < -0.4 is 15.1 Å². The summed E-state index contributed by atoms with van der Waals surface area (Å²) in [5.74, 6) is 0.221. The maximum Gasteiger partial charge on any atom is 0.337 e. The van der Waals surface area contributed by atoms with Crippen molar-refractivity contribution in [3.8, 4) is 5.75 Å². The van der Waals surface area contributed by atoms with Crippen molar-refractivity contribution in [1.82, 2.24) is 0 Å². The van der Waals surface area contributed by atoms with E-state index in [2.05, 4.69) is 69.3 Å². The summed E-state index contributed by atoms with van der Waals surface area (Å²) in [6.45, 7) is 7.11. The first-order chi connectivity index (χ1) is 14.8. The van der Waals surface area contributed by atoms with Gasteiger partial charge in [-0.3, -0.25) is 0 Å². The fourth-order valence-corrected chi connectivity index (χ4v) is 8.58. The Labute approximate surface area is 185 Å². The molecule has 0 spiro atoms. The molecule has 0 bridgehead atoms. The van der Waals surface area contributed by atoms with E-state index in [1.54, 1.807) is 19.2 Å². The van der Waals surface area contributed by atoms with E-state index in [-0.39, 0.29) is 5.04 Å². The molecule has 3 aromatic carbocycles. The van der Waals surface area contributed by atoms with Gasteiger partial charge in [0.05, 0.1) is 26.4 Å². The summed E-state index contributed by atoms with van der Waals surface area (Å²) < 4.78 is 17.4. The number of rotatable bonds is 7. The molecule has 0 N–H and O–H groups in total. The van der Waals surface area contributed by atoms with Gasteiger partial charge < -0.3 is 13.9 Å². The van der Waals surface area contributed by atoms with Crippen LogP contribution in [0.5, 0.6) is 5.75 Å². The Hall–Kier alpha value is -2.89. The maximum absolute atomic E-state index is 11.9. The second-order valence-corrected chi connectivity index (χ2v) is 12.8. The second-order valence-electron chi connectivity index (χ2n) is 8.47. The van der Waals surface area contributed by atoms with Crippen LogP contribution in [0.1, 0.15) is 36.7 Å². The lowest BCUT2D eigenvalue weighted by Gasteiger charge is -2.43. The van der Waals surface area contributed by atoms with Gasteiger partial charge in [0.25, 0.3) is 8.32 Å². The average molecular weight is 435 g/mol. The molecule has 0 aliphatic heterocycles. The Bertz CT molecular complexity index is 971. The lowest BCUT2D eigenvalue weighted by atomic mass is 10.1. The van der Waals surface area contributed by atoms with Gasteiger partial charge >= 0.3 is 5.97 Å². The molecule has 0 fully saturated rings. The summed E-state index contributed by atoms with van der Waals surface area (Å²) in [5, 5.41) is 2.33. The van der Waals surface area contributed by atoms with Gasteiger partial charge in [-0.15, -0.1) is 0 Å². The molecule has 0 unspecified atom stereocenters. The summed E-state index contributed by atoms with van der Waals surface area (Å²) in [5.41, 5.74) is 1.34. The number of methoxy groups -OCH3 is 2. The fourth-order valence-electron chi connectivity index (χ4n) is 4.06. The SMILES string of the molecule is COC(=O)c1ccc(CO[Si](c2ccccc2)(c2ccccc2)C(C)(C)C)c(OC)c1. The van der Waals surface area contributed by atoms with E-state index in [0.717, 1.165) is 5.56 Å². The van der Waals surface area contributed by atoms with Crippen molar-refractivity contribution in [3.05, 3.63) is 90.0 Å². The first-order valence-electron chi connectivity index (χ1n) is 10.3. The Morgan fingerprint density at radius 2 is 1.39 bits per heavy atom. The Morgan fingerprint density at radius 1 is 0.839 bits per heavy atom. The van der Waals surface area contributed by atoms with Gasteiger partial charge in [-0.1, -0.05) is 87.5 Å². The Morgan fingerprint density at radius 3 is 1.84 bits per heavy atom. The normalized spacial score (nSPS) is 11.8. The van der Waals surface area contributed by atoms with Gasteiger partial charge in [-0.05, 0) is 27.5 Å². The van der Waals surface area contributed by atoms with Crippen molar-refractivity contribution in [2.24, 2.45) is 0 Å². The molecule has 4 nitrogen and oxygen atoms in total.